The van der Waals surface area contributed by atoms with E-state index in [0.29, 0.717) is 12.5 Å². The molecule has 0 bridgehead atoms. The smallest absolute Gasteiger partial charge is 0.267 e. The number of amides is 1. The number of sulfonamides is 1. The Labute approximate surface area is 167 Å². The Hall–Kier alpha value is -2.91. The highest BCUT2D eigenvalue weighted by molar-refractivity contribution is 7.99. The van der Waals surface area contributed by atoms with E-state index in [0.717, 1.165) is 5.75 Å². The highest BCUT2D eigenvalue weighted by atomic mass is 32.2. The molecule has 0 unspecified atom stereocenters. The minimum absolute atomic E-state index is 0.180. The number of carbonyl (C=O) groups is 1. The maximum absolute atomic E-state index is 12.3. The van der Waals surface area contributed by atoms with Gasteiger partial charge in [-0.25, -0.2) is 23.1 Å². The third-order valence-electron chi connectivity index (χ3n) is 3.60. The Kier molecular flexibility index (Phi) is 6.62. The van der Waals surface area contributed by atoms with Crippen molar-refractivity contribution < 1.29 is 13.2 Å². The normalized spacial score (nSPS) is 11.0. The molecule has 0 aliphatic carbocycles. The lowest BCUT2D eigenvalue weighted by Gasteiger charge is -2.08. The van der Waals surface area contributed by atoms with Crippen LogP contribution < -0.4 is 10.0 Å². The van der Waals surface area contributed by atoms with Gasteiger partial charge in [0.2, 0.25) is 5.95 Å². The van der Waals surface area contributed by atoms with Gasteiger partial charge in [0, 0.05) is 22.8 Å². The highest BCUT2D eigenvalue weighted by Crippen LogP contribution is 2.16. The van der Waals surface area contributed by atoms with Gasteiger partial charge in [0.1, 0.15) is 4.90 Å². The summed E-state index contributed by atoms with van der Waals surface area (Å²) in [6.45, 7) is 0.621. The van der Waals surface area contributed by atoms with Gasteiger partial charge in [0.15, 0.2) is 0 Å². The first-order chi connectivity index (χ1) is 13.5. The summed E-state index contributed by atoms with van der Waals surface area (Å²) in [4.78, 5) is 21.0. The molecular formula is C19H18N4O3S2. The molecule has 7 nitrogen and oxygen atoms in total. The van der Waals surface area contributed by atoms with E-state index >= 15 is 0 Å². The molecule has 3 rings (SSSR count). The van der Waals surface area contributed by atoms with Crippen molar-refractivity contribution in [3.63, 3.8) is 0 Å². The lowest BCUT2D eigenvalue weighted by Crippen LogP contribution is -2.30. The molecule has 0 aliphatic heterocycles. The molecule has 0 spiro atoms. The van der Waals surface area contributed by atoms with E-state index in [1.807, 2.05) is 35.1 Å². The Morgan fingerprint density at radius 3 is 2.18 bits per heavy atom. The predicted molar refractivity (Wildman–Crippen MR) is 109 cm³/mol. The zero-order valence-corrected chi connectivity index (χ0v) is 16.4. The second-order valence-electron chi connectivity index (χ2n) is 5.63. The fourth-order valence-electron chi connectivity index (χ4n) is 2.22. The molecule has 9 heteroatoms. The molecule has 2 aromatic carbocycles. The van der Waals surface area contributed by atoms with Crippen molar-refractivity contribution >= 4 is 33.6 Å². The first-order valence-electron chi connectivity index (χ1n) is 8.40. The molecule has 0 atom stereocenters. The van der Waals surface area contributed by atoms with Crippen LogP contribution in [0.15, 0.2) is 82.8 Å². The second-order valence-corrected chi connectivity index (χ2v) is 8.48. The third-order valence-corrected chi connectivity index (χ3v) is 5.90. The second kappa shape index (κ2) is 9.34. The first kappa shape index (κ1) is 19.8. The van der Waals surface area contributed by atoms with E-state index in [9.17, 15) is 13.2 Å². The molecule has 0 fully saturated rings. The quantitative estimate of drug-likeness (QED) is 0.432. The predicted octanol–water partition coefficient (Wildman–Crippen LogP) is 2.80. The molecule has 28 heavy (non-hydrogen) atoms. The monoisotopic (exact) mass is 414 g/mol. The number of hydrogen-bond acceptors (Lipinski definition) is 7. The maximum Gasteiger partial charge on any atom is 0.267 e. The molecule has 1 heterocycles. The van der Waals surface area contributed by atoms with Crippen LogP contribution >= 0.6 is 11.8 Å². The molecule has 0 saturated heterocycles. The van der Waals surface area contributed by atoms with Gasteiger partial charge in [-0.3, -0.25) is 4.79 Å². The summed E-state index contributed by atoms with van der Waals surface area (Å²) in [5.74, 6) is 0.420. The lowest BCUT2D eigenvalue weighted by atomic mass is 10.2. The molecule has 1 amide bonds. The van der Waals surface area contributed by atoms with Gasteiger partial charge in [-0.05, 0) is 24.3 Å². The zero-order chi connectivity index (χ0) is 19.8. The van der Waals surface area contributed by atoms with Crippen LogP contribution in [-0.2, 0) is 10.0 Å². The summed E-state index contributed by atoms with van der Waals surface area (Å²) in [6.07, 6.45) is 2.33. The fourth-order valence-corrected chi connectivity index (χ4v) is 3.88. The van der Waals surface area contributed by atoms with Crippen LogP contribution in [0.4, 0.5) is 5.95 Å². The van der Waals surface area contributed by atoms with Gasteiger partial charge in [0.05, 0.1) is 12.4 Å². The van der Waals surface area contributed by atoms with Crippen LogP contribution in [0.3, 0.4) is 0 Å². The van der Waals surface area contributed by atoms with Crippen molar-refractivity contribution in [1.29, 1.82) is 0 Å². The first-order valence-corrected chi connectivity index (χ1v) is 10.9. The van der Waals surface area contributed by atoms with Crippen LogP contribution in [0.1, 0.15) is 10.4 Å². The van der Waals surface area contributed by atoms with Gasteiger partial charge in [-0.2, -0.15) is 0 Å². The molecule has 1 aromatic heterocycles. The Bertz CT molecular complexity index is 1010. The number of anilines is 1. The number of benzene rings is 2. The number of nitrogens with zero attached hydrogens (tertiary/aromatic N) is 2. The number of hydrogen-bond donors (Lipinski definition) is 2. The fraction of sp³-hybridized carbons (Fsp3) is 0.105. The molecule has 3 aromatic rings. The number of aromatic nitrogens is 2. The van der Waals surface area contributed by atoms with E-state index in [-0.39, 0.29) is 10.5 Å². The van der Waals surface area contributed by atoms with Crippen LogP contribution in [0.25, 0.3) is 0 Å². The lowest BCUT2D eigenvalue weighted by molar-refractivity contribution is 0.0981. The molecule has 0 radical (unpaired) electrons. The topological polar surface area (TPSA) is 101 Å². The standard InChI is InChI=1S/C19H18N4O3S2/c24-18(15-7-3-1-4-8-15)23-28(25,26)17-13-21-19(22-14-17)20-11-12-27-16-9-5-2-6-10-16/h1-10,13-14H,11-12H2,(H,23,24)(H,20,21,22). The van der Waals surface area contributed by atoms with E-state index in [1.54, 1.807) is 30.0 Å². The van der Waals surface area contributed by atoms with E-state index < -0.39 is 15.9 Å². The Balaban J connectivity index is 1.53. The van der Waals surface area contributed by atoms with Gasteiger partial charge in [0.25, 0.3) is 15.9 Å². The van der Waals surface area contributed by atoms with Crippen molar-refractivity contribution in [3.05, 3.63) is 78.6 Å². The maximum atomic E-state index is 12.3. The van der Waals surface area contributed by atoms with Crippen LogP contribution in [-0.4, -0.2) is 36.6 Å². The summed E-state index contributed by atoms with van der Waals surface area (Å²) in [5.41, 5.74) is 0.251. The Morgan fingerprint density at radius 1 is 0.929 bits per heavy atom. The van der Waals surface area contributed by atoms with Crippen molar-refractivity contribution in [2.45, 2.75) is 9.79 Å². The molecule has 0 saturated carbocycles. The molecule has 0 aliphatic rings. The average molecular weight is 415 g/mol. The Morgan fingerprint density at radius 2 is 1.54 bits per heavy atom. The third kappa shape index (κ3) is 5.54. The van der Waals surface area contributed by atoms with E-state index in [1.165, 1.54) is 29.4 Å². The minimum atomic E-state index is -4.04. The van der Waals surface area contributed by atoms with E-state index in [2.05, 4.69) is 15.3 Å². The van der Waals surface area contributed by atoms with Crippen LogP contribution in [0.2, 0.25) is 0 Å². The van der Waals surface area contributed by atoms with Gasteiger partial charge in [-0.15, -0.1) is 11.8 Å². The summed E-state index contributed by atoms with van der Waals surface area (Å²) >= 11 is 1.69. The number of rotatable bonds is 8. The summed E-state index contributed by atoms with van der Waals surface area (Å²) in [6, 6.07) is 18.1. The minimum Gasteiger partial charge on any atom is -0.353 e. The van der Waals surface area contributed by atoms with Crippen molar-refractivity contribution in [1.82, 2.24) is 14.7 Å². The van der Waals surface area contributed by atoms with Gasteiger partial charge in [-0.1, -0.05) is 36.4 Å². The summed E-state index contributed by atoms with van der Waals surface area (Å²) in [5, 5.41) is 3.03. The number of thioether (sulfide) groups is 1. The van der Waals surface area contributed by atoms with E-state index in [4.69, 9.17) is 0 Å². The zero-order valence-electron chi connectivity index (χ0n) is 14.8. The van der Waals surface area contributed by atoms with Crippen LogP contribution in [0.5, 0.6) is 0 Å². The summed E-state index contributed by atoms with van der Waals surface area (Å²) in [7, 11) is -4.04. The van der Waals surface area contributed by atoms with Gasteiger partial charge >= 0.3 is 0 Å². The summed E-state index contributed by atoms with van der Waals surface area (Å²) < 4.78 is 26.6. The highest BCUT2D eigenvalue weighted by Gasteiger charge is 2.19. The molecule has 2 N–H and O–H groups in total. The number of carbonyl (C=O) groups excluding carboxylic acids is 1. The van der Waals surface area contributed by atoms with Crippen molar-refractivity contribution in [2.24, 2.45) is 0 Å². The molecule has 144 valence electrons. The molecular weight excluding hydrogens is 396 g/mol. The van der Waals surface area contributed by atoms with Gasteiger partial charge < -0.3 is 5.32 Å². The average Bonchev–Trinajstić information content (AvgIpc) is 2.73. The SMILES string of the molecule is O=C(NS(=O)(=O)c1cnc(NCCSc2ccccc2)nc1)c1ccccc1. The van der Waals surface area contributed by atoms with Crippen molar-refractivity contribution in [2.75, 3.05) is 17.6 Å². The number of nitrogens with one attached hydrogen (secondary N) is 2. The largest absolute Gasteiger partial charge is 0.353 e. The van der Waals surface area contributed by atoms with Crippen molar-refractivity contribution in [3.8, 4) is 0 Å². The van der Waals surface area contributed by atoms with Crippen LogP contribution in [0, 0.1) is 0 Å².